The number of carbonyl (C=O) groups excluding carboxylic acids is 1. The van der Waals surface area contributed by atoms with Gasteiger partial charge >= 0.3 is 0 Å². The van der Waals surface area contributed by atoms with E-state index >= 15 is 0 Å². The average molecular weight is 249 g/mol. The molecule has 18 heavy (non-hydrogen) atoms. The van der Waals surface area contributed by atoms with Crippen LogP contribution in [0.25, 0.3) is 0 Å². The van der Waals surface area contributed by atoms with E-state index in [1.165, 1.54) is 18.5 Å². The molecule has 1 aromatic heterocycles. The predicted molar refractivity (Wildman–Crippen MR) is 68.5 cm³/mol. The highest BCUT2D eigenvalue weighted by Gasteiger charge is 2.27. The molecule has 1 aliphatic heterocycles. The number of pyridine rings is 1. The van der Waals surface area contributed by atoms with E-state index in [0.717, 1.165) is 32.4 Å². The van der Waals surface area contributed by atoms with Gasteiger partial charge < -0.3 is 15.3 Å². The summed E-state index contributed by atoms with van der Waals surface area (Å²) in [6.07, 6.45) is 6.07. The molecule has 1 atom stereocenters. The van der Waals surface area contributed by atoms with Gasteiger partial charge in [-0.1, -0.05) is 0 Å². The van der Waals surface area contributed by atoms with E-state index in [4.69, 9.17) is 0 Å². The van der Waals surface area contributed by atoms with E-state index in [1.54, 1.807) is 0 Å². The molecule has 1 aromatic rings. The summed E-state index contributed by atoms with van der Waals surface area (Å²) in [6.45, 7) is 1.58. The Balaban J connectivity index is 2.15. The highest BCUT2D eigenvalue weighted by atomic mass is 16.3. The first kappa shape index (κ1) is 12.8. The number of piperidine rings is 1. The van der Waals surface area contributed by atoms with Crippen molar-refractivity contribution in [2.24, 2.45) is 0 Å². The summed E-state index contributed by atoms with van der Waals surface area (Å²) >= 11 is 0. The van der Waals surface area contributed by atoms with Crippen LogP contribution in [0.3, 0.4) is 0 Å². The maximum absolute atomic E-state index is 12.4. The van der Waals surface area contributed by atoms with Gasteiger partial charge in [-0.25, -0.2) is 0 Å². The molecule has 2 rings (SSSR count). The lowest BCUT2D eigenvalue weighted by atomic mass is 10.0. The number of aromatic nitrogens is 1. The van der Waals surface area contributed by atoms with E-state index in [9.17, 15) is 9.90 Å². The van der Waals surface area contributed by atoms with Crippen LogP contribution in [0.1, 0.15) is 29.6 Å². The monoisotopic (exact) mass is 249 g/mol. The summed E-state index contributed by atoms with van der Waals surface area (Å²) in [4.78, 5) is 18.1. The van der Waals surface area contributed by atoms with Crippen LogP contribution >= 0.6 is 0 Å². The molecule has 0 saturated carbocycles. The van der Waals surface area contributed by atoms with Gasteiger partial charge in [0.25, 0.3) is 5.91 Å². The van der Waals surface area contributed by atoms with Crippen LogP contribution in [0, 0.1) is 0 Å². The summed E-state index contributed by atoms with van der Waals surface area (Å²) in [5.74, 6) is -0.0126. The normalized spacial score (nSPS) is 19.8. The Morgan fingerprint density at radius 1 is 1.56 bits per heavy atom. The largest absolute Gasteiger partial charge is 0.506 e. The van der Waals surface area contributed by atoms with Crippen molar-refractivity contribution < 1.29 is 9.90 Å². The first-order valence-electron chi connectivity index (χ1n) is 6.32. The van der Waals surface area contributed by atoms with Crippen molar-refractivity contribution >= 4 is 5.91 Å². The maximum atomic E-state index is 12.4. The standard InChI is InChI=1S/C13H19N3O2/c1-14-8-11-4-2-3-5-16(11)13(18)10-6-12(17)9-15-7-10/h6-7,9,11,14,17H,2-5,8H2,1H3. The fraction of sp³-hybridized carbons (Fsp3) is 0.538. The van der Waals surface area contributed by atoms with Crippen LogP contribution in [-0.4, -0.2) is 47.1 Å². The second-order valence-electron chi connectivity index (χ2n) is 4.64. The summed E-state index contributed by atoms with van der Waals surface area (Å²) in [6, 6.07) is 1.71. The number of nitrogens with zero attached hydrogens (tertiary/aromatic N) is 2. The molecule has 1 aliphatic rings. The number of likely N-dealkylation sites (N-methyl/N-ethyl adjacent to an activating group) is 1. The van der Waals surface area contributed by atoms with Gasteiger partial charge in [0, 0.05) is 25.3 Å². The molecule has 0 spiro atoms. The SMILES string of the molecule is CNCC1CCCCN1C(=O)c1cncc(O)c1. The number of aromatic hydroxyl groups is 1. The molecule has 1 amide bonds. The van der Waals surface area contributed by atoms with Crippen LogP contribution in [0.15, 0.2) is 18.5 Å². The Morgan fingerprint density at radius 2 is 2.39 bits per heavy atom. The Kier molecular flexibility index (Phi) is 4.15. The lowest BCUT2D eigenvalue weighted by Crippen LogP contribution is -2.48. The van der Waals surface area contributed by atoms with Gasteiger partial charge in [0.2, 0.25) is 0 Å². The van der Waals surface area contributed by atoms with Crippen molar-refractivity contribution in [3.05, 3.63) is 24.0 Å². The zero-order chi connectivity index (χ0) is 13.0. The molecule has 2 heterocycles. The van der Waals surface area contributed by atoms with E-state index in [1.807, 2.05) is 11.9 Å². The third-order valence-corrected chi connectivity index (χ3v) is 3.30. The minimum absolute atomic E-state index is 0.0306. The second-order valence-corrected chi connectivity index (χ2v) is 4.64. The minimum Gasteiger partial charge on any atom is -0.506 e. The van der Waals surface area contributed by atoms with Crippen molar-refractivity contribution in [2.75, 3.05) is 20.1 Å². The molecule has 0 bridgehead atoms. The molecule has 98 valence electrons. The van der Waals surface area contributed by atoms with E-state index in [-0.39, 0.29) is 17.7 Å². The van der Waals surface area contributed by atoms with Gasteiger partial charge in [-0.3, -0.25) is 9.78 Å². The molecule has 5 nitrogen and oxygen atoms in total. The van der Waals surface area contributed by atoms with Gasteiger partial charge in [0.15, 0.2) is 0 Å². The molecular formula is C13H19N3O2. The number of hydrogen-bond donors (Lipinski definition) is 2. The van der Waals surface area contributed by atoms with Crippen LogP contribution < -0.4 is 5.32 Å². The van der Waals surface area contributed by atoms with Gasteiger partial charge in [-0.15, -0.1) is 0 Å². The Bertz CT molecular complexity index is 420. The van der Waals surface area contributed by atoms with E-state index in [2.05, 4.69) is 10.3 Å². The second kappa shape index (κ2) is 5.82. The highest BCUT2D eigenvalue weighted by Crippen LogP contribution is 2.20. The number of nitrogens with one attached hydrogen (secondary N) is 1. The van der Waals surface area contributed by atoms with Crippen LogP contribution in [0.2, 0.25) is 0 Å². The summed E-state index contributed by atoms with van der Waals surface area (Å²) in [5, 5.41) is 12.5. The lowest BCUT2D eigenvalue weighted by Gasteiger charge is -2.35. The Hall–Kier alpha value is -1.62. The first-order valence-corrected chi connectivity index (χ1v) is 6.32. The fourth-order valence-electron chi connectivity index (χ4n) is 2.43. The highest BCUT2D eigenvalue weighted by molar-refractivity contribution is 5.94. The third kappa shape index (κ3) is 2.79. The number of carbonyl (C=O) groups is 1. The van der Waals surface area contributed by atoms with Gasteiger partial charge in [0.1, 0.15) is 5.75 Å². The van der Waals surface area contributed by atoms with Crippen LogP contribution in [-0.2, 0) is 0 Å². The van der Waals surface area contributed by atoms with Gasteiger partial charge in [-0.05, 0) is 32.4 Å². The summed E-state index contributed by atoms with van der Waals surface area (Å²) in [5.41, 5.74) is 0.456. The number of amides is 1. The number of likely N-dealkylation sites (tertiary alicyclic amines) is 1. The molecule has 0 aliphatic carbocycles. The van der Waals surface area contributed by atoms with Gasteiger partial charge in [-0.2, -0.15) is 0 Å². The fourth-order valence-corrected chi connectivity index (χ4v) is 2.43. The minimum atomic E-state index is -0.0432. The zero-order valence-corrected chi connectivity index (χ0v) is 10.6. The lowest BCUT2D eigenvalue weighted by molar-refractivity contribution is 0.0614. The van der Waals surface area contributed by atoms with Crippen LogP contribution in [0.5, 0.6) is 5.75 Å². The van der Waals surface area contributed by atoms with E-state index in [0.29, 0.717) is 5.56 Å². The molecule has 2 N–H and O–H groups in total. The maximum Gasteiger partial charge on any atom is 0.255 e. The van der Waals surface area contributed by atoms with Crippen LogP contribution in [0.4, 0.5) is 0 Å². The molecule has 5 heteroatoms. The molecule has 0 aromatic carbocycles. The van der Waals surface area contributed by atoms with Crippen molar-refractivity contribution in [1.82, 2.24) is 15.2 Å². The zero-order valence-electron chi connectivity index (χ0n) is 10.6. The first-order chi connectivity index (χ1) is 8.72. The average Bonchev–Trinajstić information content (AvgIpc) is 2.39. The molecule has 0 radical (unpaired) electrons. The summed E-state index contributed by atoms with van der Waals surface area (Å²) < 4.78 is 0. The Morgan fingerprint density at radius 3 is 3.11 bits per heavy atom. The molecule has 1 saturated heterocycles. The topological polar surface area (TPSA) is 65.5 Å². The number of hydrogen-bond acceptors (Lipinski definition) is 4. The van der Waals surface area contributed by atoms with E-state index < -0.39 is 0 Å². The quantitative estimate of drug-likeness (QED) is 0.839. The van der Waals surface area contributed by atoms with Crippen molar-refractivity contribution in [3.8, 4) is 5.75 Å². The van der Waals surface area contributed by atoms with Crippen molar-refractivity contribution in [3.63, 3.8) is 0 Å². The predicted octanol–water partition coefficient (Wildman–Crippen LogP) is 1.00. The van der Waals surface area contributed by atoms with Crippen molar-refractivity contribution in [2.45, 2.75) is 25.3 Å². The number of rotatable bonds is 3. The Labute approximate surface area is 107 Å². The third-order valence-electron chi connectivity index (χ3n) is 3.30. The van der Waals surface area contributed by atoms with Gasteiger partial charge in [0.05, 0.1) is 11.8 Å². The molecule has 1 unspecified atom stereocenters. The smallest absolute Gasteiger partial charge is 0.255 e. The summed E-state index contributed by atoms with van der Waals surface area (Å²) in [7, 11) is 1.90. The molecule has 1 fully saturated rings. The van der Waals surface area contributed by atoms with Crippen molar-refractivity contribution in [1.29, 1.82) is 0 Å². The molecular weight excluding hydrogens is 230 g/mol.